The third-order valence-electron chi connectivity index (χ3n) is 6.38. The average Bonchev–Trinajstić information content (AvgIpc) is 3.74. The molecule has 2 aromatic carbocycles. The molecule has 1 fully saturated rings. The Hall–Kier alpha value is -4.67. The summed E-state index contributed by atoms with van der Waals surface area (Å²) in [4.78, 5) is 52.2. The van der Waals surface area contributed by atoms with Crippen LogP contribution in [-0.2, 0) is 16.6 Å². The molecule has 1 aliphatic carbocycles. The van der Waals surface area contributed by atoms with E-state index >= 15 is 0 Å². The van der Waals surface area contributed by atoms with Gasteiger partial charge in [-0.15, -0.1) is 0 Å². The molecule has 0 saturated heterocycles. The molecule has 1 aromatic heterocycles. The second-order valence-electron chi connectivity index (χ2n) is 9.35. The number of pyridine rings is 1. The van der Waals surface area contributed by atoms with Gasteiger partial charge in [-0.2, -0.15) is 0 Å². The fourth-order valence-electron chi connectivity index (χ4n) is 4.17. The number of aryl methyl sites for hydroxylation is 1. The molecule has 10 nitrogen and oxygen atoms in total. The molecule has 3 N–H and O–H groups in total. The van der Waals surface area contributed by atoms with Gasteiger partial charge in [0, 0.05) is 31.8 Å². The number of nitrogens with zero attached hydrogens (tertiary/aromatic N) is 2. The number of carbonyl (C=O) groups is 3. The quantitative estimate of drug-likeness (QED) is 0.343. The van der Waals surface area contributed by atoms with Gasteiger partial charge in [-0.3, -0.25) is 28.6 Å². The number of rotatable bonds is 10. The Morgan fingerprint density at radius 2 is 1.92 bits per heavy atom. The highest BCUT2D eigenvalue weighted by Crippen LogP contribution is 2.36. The normalized spacial score (nSPS) is 12.4. The number of aromatic nitrogens is 1. The summed E-state index contributed by atoms with van der Waals surface area (Å²) in [6.07, 6.45) is 2.38. The minimum Gasteiger partial charge on any atom is -0.484 e. The van der Waals surface area contributed by atoms with Crippen LogP contribution in [-0.4, -0.2) is 42.5 Å². The number of hydrogen-bond donors (Lipinski definition) is 3. The third kappa shape index (κ3) is 5.92. The molecule has 1 aliphatic rings. The summed E-state index contributed by atoms with van der Waals surface area (Å²) < 4.78 is 21.5. The first kappa shape index (κ1) is 27.4. The second kappa shape index (κ2) is 11.4. The Bertz CT molecular complexity index is 1500. The lowest BCUT2D eigenvalue weighted by molar-refractivity contribution is -0.123. The summed E-state index contributed by atoms with van der Waals surface area (Å²) in [7, 11) is 2.86. The molecular formula is C28H30FN5O5. The van der Waals surface area contributed by atoms with Crippen LogP contribution in [0.15, 0.2) is 47.3 Å². The number of carbonyl (C=O) groups excluding carboxylic acids is 3. The molecule has 3 aromatic rings. The smallest absolute Gasteiger partial charge is 0.258 e. The van der Waals surface area contributed by atoms with E-state index in [-0.39, 0.29) is 46.9 Å². The molecule has 0 aliphatic heterocycles. The van der Waals surface area contributed by atoms with Gasteiger partial charge in [0.25, 0.3) is 17.4 Å². The maximum absolute atomic E-state index is 14.7. The Morgan fingerprint density at radius 3 is 2.56 bits per heavy atom. The van der Waals surface area contributed by atoms with Crippen molar-refractivity contribution in [3.8, 4) is 5.75 Å². The molecule has 0 unspecified atom stereocenters. The van der Waals surface area contributed by atoms with E-state index in [0.717, 1.165) is 17.7 Å². The van der Waals surface area contributed by atoms with Crippen LogP contribution in [0.4, 0.5) is 27.3 Å². The highest BCUT2D eigenvalue weighted by Gasteiger charge is 2.28. The van der Waals surface area contributed by atoms with E-state index in [1.165, 1.54) is 43.8 Å². The molecular weight excluding hydrogens is 505 g/mol. The predicted octanol–water partition coefficient (Wildman–Crippen LogP) is 3.20. The summed E-state index contributed by atoms with van der Waals surface area (Å²) in [6.45, 7) is 3.03. The third-order valence-corrected chi connectivity index (χ3v) is 6.38. The molecule has 204 valence electrons. The van der Waals surface area contributed by atoms with Crippen LogP contribution >= 0.6 is 0 Å². The van der Waals surface area contributed by atoms with Crippen molar-refractivity contribution in [3.05, 3.63) is 75.3 Å². The van der Waals surface area contributed by atoms with Gasteiger partial charge in [-0.25, -0.2) is 4.39 Å². The first-order valence-electron chi connectivity index (χ1n) is 12.4. The molecule has 0 radical (unpaired) electrons. The average molecular weight is 536 g/mol. The van der Waals surface area contributed by atoms with Crippen LogP contribution in [0.2, 0.25) is 0 Å². The molecule has 0 spiro atoms. The van der Waals surface area contributed by atoms with Crippen molar-refractivity contribution in [2.75, 3.05) is 23.9 Å². The van der Waals surface area contributed by atoms with E-state index in [0.29, 0.717) is 23.4 Å². The Morgan fingerprint density at radius 1 is 1.18 bits per heavy atom. The zero-order chi connectivity index (χ0) is 28.3. The SMILES string of the molecule is CNC(=O)c1c(N(C=O)c2cccc(OCC(=O)NC3CC3)c2)c(C)c(=O)n(C)c1Nc1ccc(C)cc1F. The Labute approximate surface area is 224 Å². The Balaban J connectivity index is 1.79. The fourth-order valence-corrected chi connectivity index (χ4v) is 4.17. The Kier molecular flexibility index (Phi) is 7.99. The van der Waals surface area contributed by atoms with Crippen molar-refractivity contribution in [2.45, 2.75) is 32.7 Å². The molecule has 11 heteroatoms. The van der Waals surface area contributed by atoms with Crippen LogP contribution in [0.1, 0.15) is 34.3 Å². The summed E-state index contributed by atoms with van der Waals surface area (Å²) in [5, 5.41) is 8.24. The predicted molar refractivity (Wildman–Crippen MR) is 146 cm³/mol. The number of ether oxygens (including phenoxy) is 1. The van der Waals surface area contributed by atoms with E-state index in [1.54, 1.807) is 31.2 Å². The van der Waals surface area contributed by atoms with Gasteiger partial charge in [-0.1, -0.05) is 12.1 Å². The number of amides is 3. The van der Waals surface area contributed by atoms with E-state index in [2.05, 4.69) is 16.0 Å². The second-order valence-corrected chi connectivity index (χ2v) is 9.35. The van der Waals surface area contributed by atoms with E-state index in [4.69, 9.17) is 4.74 Å². The van der Waals surface area contributed by atoms with Crippen molar-refractivity contribution >= 4 is 41.1 Å². The van der Waals surface area contributed by atoms with Gasteiger partial charge in [-0.05, 0) is 56.5 Å². The van der Waals surface area contributed by atoms with Gasteiger partial charge >= 0.3 is 0 Å². The molecule has 39 heavy (non-hydrogen) atoms. The minimum absolute atomic E-state index is 0.00120. The maximum Gasteiger partial charge on any atom is 0.258 e. The molecule has 3 amide bonds. The van der Waals surface area contributed by atoms with Crippen molar-refractivity contribution in [1.29, 1.82) is 0 Å². The lowest BCUT2D eigenvalue weighted by Crippen LogP contribution is -2.33. The summed E-state index contributed by atoms with van der Waals surface area (Å²) >= 11 is 0. The number of nitrogens with one attached hydrogen (secondary N) is 3. The van der Waals surface area contributed by atoms with Gasteiger partial charge < -0.3 is 20.7 Å². The van der Waals surface area contributed by atoms with Crippen molar-refractivity contribution < 1.29 is 23.5 Å². The van der Waals surface area contributed by atoms with E-state index in [9.17, 15) is 23.6 Å². The molecule has 0 atom stereocenters. The topological polar surface area (TPSA) is 122 Å². The number of hydrogen-bond acceptors (Lipinski definition) is 6. The zero-order valence-corrected chi connectivity index (χ0v) is 22.1. The van der Waals surface area contributed by atoms with Crippen molar-refractivity contribution in [2.24, 2.45) is 7.05 Å². The van der Waals surface area contributed by atoms with E-state index < -0.39 is 17.3 Å². The van der Waals surface area contributed by atoms with Crippen LogP contribution in [0.5, 0.6) is 5.75 Å². The van der Waals surface area contributed by atoms with Gasteiger partial charge in [0.1, 0.15) is 22.9 Å². The minimum atomic E-state index is -0.602. The highest BCUT2D eigenvalue weighted by molar-refractivity contribution is 6.08. The van der Waals surface area contributed by atoms with Gasteiger partial charge in [0.15, 0.2) is 6.61 Å². The number of anilines is 4. The summed E-state index contributed by atoms with van der Waals surface area (Å²) in [6, 6.07) is 11.1. The zero-order valence-electron chi connectivity index (χ0n) is 22.1. The van der Waals surface area contributed by atoms with Crippen molar-refractivity contribution in [1.82, 2.24) is 15.2 Å². The fraction of sp³-hybridized carbons (Fsp3) is 0.286. The van der Waals surface area contributed by atoms with Crippen molar-refractivity contribution in [3.63, 3.8) is 0 Å². The standard InChI is InChI=1S/C28H30FN5O5/c1-16-8-11-22(21(29)12-16)32-26-24(27(37)30-3)25(17(2)28(38)33(26)4)34(15-35)19-6-5-7-20(13-19)39-14-23(36)31-18-9-10-18/h5-8,11-13,15,18,32H,9-10,14H2,1-4H3,(H,30,37)(H,31,36). The molecule has 1 heterocycles. The van der Waals surface area contributed by atoms with E-state index in [1.807, 2.05) is 0 Å². The highest BCUT2D eigenvalue weighted by atomic mass is 19.1. The maximum atomic E-state index is 14.7. The van der Waals surface area contributed by atoms with Crippen LogP contribution in [0, 0.1) is 19.7 Å². The van der Waals surface area contributed by atoms with Gasteiger partial charge in [0.05, 0.1) is 17.1 Å². The molecule has 0 bridgehead atoms. The lowest BCUT2D eigenvalue weighted by atomic mass is 10.1. The van der Waals surface area contributed by atoms with Crippen LogP contribution in [0.3, 0.4) is 0 Å². The first-order chi connectivity index (χ1) is 18.6. The lowest BCUT2D eigenvalue weighted by Gasteiger charge is -2.26. The number of halogens is 1. The van der Waals surface area contributed by atoms with Crippen LogP contribution < -0.4 is 31.1 Å². The first-order valence-corrected chi connectivity index (χ1v) is 12.4. The van der Waals surface area contributed by atoms with Crippen LogP contribution in [0.25, 0.3) is 0 Å². The summed E-state index contributed by atoms with van der Waals surface area (Å²) in [5.41, 5.74) is 0.636. The number of benzene rings is 2. The monoisotopic (exact) mass is 535 g/mol. The molecule has 1 saturated carbocycles. The van der Waals surface area contributed by atoms with Gasteiger partial charge in [0.2, 0.25) is 6.41 Å². The molecule has 4 rings (SSSR count). The summed E-state index contributed by atoms with van der Waals surface area (Å²) in [5.74, 6) is -1.12. The largest absolute Gasteiger partial charge is 0.484 e.